The van der Waals surface area contributed by atoms with Crippen LogP contribution in [-0.4, -0.2) is 29.1 Å². The van der Waals surface area contributed by atoms with E-state index < -0.39 is 10.9 Å². The van der Waals surface area contributed by atoms with Crippen molar-refractivity contribution in [1.29, 1.82) is 0 Å². The van der Waals surface area contributed by atoms with E-state index in [4.69, 9.17) is 0 Å². The molecule has 0 aliphatic heterocycles. The van der Waals surface area contributed by atoms with Gasteiger partial charge in [0, 0.05) is 26.1 Å². The number of thioether (sulfide) groups is 1. The number of ketones is 1. The quantitative estimate of drug-likeness (QED) is 0.498. The summed E-state index contributed by atoms with van der Waals surface area (Å²) in [6.45, 7) is 3.05. The van der Waals surface area contributed by atoms with E-state index in [-0.39, 0.29) is 5.91 Å². The van der Waals surface area contributed by atoms with Crippen molar-refractivity contribution in [3.05, 3.63) is 0 Å². The van der Waals surface area contributed by atoms with Gasteiger partial charge in [0.05, 0.1) is 0 Å². The van der Waals surface area contributed by atoms with Gasteiger partial charge in [-0.25, -0.2) is 0 Å². The molecule has 0 saturated carbocycles. The second kappa shape index (κ2) is 5.77. The highest BCUT2D eigenvalue weighted by atomic mass is 32.2. The van der Waals surface area contributed by atoms with Gasteiger partial charge < -0.3 is 5.32 Å². The van der Waals surface area contributed by atoms with Crippen LogP contribution in [0.25, 0.3) is 0 Å². The second-order valence-electron chi connectivity index (χ2n) is 2.18. The highest BCUT2D eigenvalue weighted by molar-refractivity contribution is 8.15. The van der Waals surface area contributed by atoms with Crippen molar-refractivity contribution in [3.8, 4) is 0 Å². The zero-order valence-corrected chi connectivity index (χ0v) is 7.86. The number of carbonyl (C=O) groups is 3. The van der Waals surface area contributed by atoms with Crippen molar-refractivity contribution in [2.45, 2.75) is 13.8 Å². The van der Waals surface area contributed by atoms with Crippen LogP contribution in [0.1, 0.15) is 13.8 Å². The minimum Gasteiger partial charge on any atom is -0.356 e. The smallest absolute Gasteiger partial charge is 0.254 e. The van der Waals surface area contributed by atoms with Crippen molar-refractivity contribution in [2.24, 2.45) is 0 Å². The van der Waals surface area contributed by atoms with Gasteiger partial charge in [-0.3, -0.25) is 14.4 Å². The molecule has 0 fully saturated rings. The number of nitrogens with one attached hydrogen (secondary N) is 1. The van der Waals surface area contributed by atoms with Gasteiger partial charge in [-0.2, -0.15) is 0 Å². The maximum absolute atomic E-state index is 10.7. The predicted molar refractivity (Wildman–Crippen MR) is 46.8 cm³/mol. The minimum atomic E-state index is -0.458. The standard InChI is InChI=1S/C7H11NO3S/c1-5(9)7(11)12-4-3-8-6(2)10/h3-4H2,1-2H3,(H,8,10). The molecule has 5 heteroatoms. The van der Waals surface area contributed by atoms with E-state index in [9.17, 15) is 14.4 Å². The first kappa shape index (κ1) is 11.2. The Morgan fingerprint density at radius 3 is 2.25 bits per heavy atom. The number of rotatable bonds is 4. The fraction of sp³-hybridized carbons (Fsp3) is 0.571. The Hall–Kier alpha value is -0.840. The molecule has 0 atom stereocenters. The molecule has 1 amide bonds. The Kier molecular flexibility index (Phi) is 5.36. The zero-order valence-electron chi connectivity index (χ0n) is 7.05. The summed E-state index contributed by atoms with van der Waals surface area (Å²) < 4.78 is 0. The molecule has 0 radical (unpaired) electrons. The number of amides is 1. The van der Waals surface area contributed by atoms with Crippen LogP contribution in [-0.2, 0) is 14.4 Å². The first-order valence-corrected chi connectivity index (χ1v) is 4.44. The summed E-state index contributed by atoms with van der Waals surface area (Å²) in [5.41, 5.74) is 0. The molecule has 0 heterocycles. The van der Waals surface area contributed by atoms with Crippen molar-refractivity contribution < 1.29 is 14.4 Å². The summed E-state index contributed by atoms with van der Waals surface area (Å²) in [5.74, 6) is -0.147. The Bertz CT molecular complexity index is 203. The number of hydrogen-bond donors (Lipinski definition) is 1. The molecule has 0 unspecified atom stereocenters. The number of Topliss-reactive ketones (excluding diaryl/α,β-unsaturated/α-hetero) is 1. The molecule has 0 aromatic heterocycles. The van der Waals surface area contributed by atoms with Gasteiger partial charge in [-0.05, 0) is 0 Å². The molecular formula is C7H11NO3S. The van der Waals surface area contributed by atoms with Crippen molar-refractivity contribution in [2.75, 3.05) is 12.3 Å². The lowest BCUT2D eigenvalue weighted by Gasteiger charge is -1.98. The van der Waals surface area contributed by atoms with Gasteiger partial charge >= 0.3 is 0 Å². The Labute approximate surface area is 75.1 Å². The van der Waals surface area contributed by atoms with Gasteiger partial charge in [-0.15, -0.1) is 0 Å². The molecule has 68 valence electrons. The van der Waals surface area contributed by atoms with Crippen LogP contribution >= 0.6 is 11.8 Å². The summed E-state index contributed by atoms with van der Waals surface area (Å²) in [6, 6.07) is 0. The molecule has 0 spiro atoms. The molecular weight excluding hydrogens is 178 g/mol. The maximum Gasteiger partial charge on any atom is 0.254 e. The Morgan fingerprint density at radius 1 is 1.25 bits per heavy atom. The molecule has 0 aliphatic rings. The monoisotopic (exact) mass is 189 g/mol. The zero-order chi connectivity index (χ0) is 9.56. The summed E-state index contributed by atoms with van der Waals surface area (Å²) >= 11 is 0.923. The first-order valence-electron chi connectivity index (χ1n) is 3.46. The third kappa shape index (κ3) is 5.91. The van der Waals surface area contributed by atoms with Crippen molar-refractivity contribution in [3.63, 3.8) is 0 Å². The molecule has 0 rings (SSSR count). The molecule has 0 aromatic rings. The minimum absolute atomic E-state index is 0.133. The van der Waals surface area contributed by atoms with Crippen LogP contribution in [0, 0.1) is 0 Å². The molecule has 0 bridgehead atoms. The summed E-state index contributed by atoms with van der Waals surface area (Å²) in [6.07, 6.45) is 0. The summed E-state index contributed by atoms with van der Waals surface area (Å²) in [5, 5.41) is 2.06. The van der Waals surface area contributed by atoms with Crippen LogP contribution < -0.4 is 5.32 Å². The highest BCUT2D eigenvalue weighted by Crippen LogP contribution is 2.00. The molecule has 1 N–H and O–H groups in total. The number of hydrogen-bond acceptors (Lipinski definition) is 4. The largest absolute Gasteiger partial charge is 0.356 e. The molecule has 0 aliphatic carbocycles. The van der Waals surface area contributed by atoms with Gasteiger partial charge in [0.15, 0.2) is 0 Å². The average molecular weight is 189 g/mol. The SMILES string of the molecule is CC(=O)NCCSC(=O)C(C)=O. The van der Waals surface area contributed by atoms with E-state index in [1.807, 2.05) is 0 Å². The van der Waals surface area contributed by atoms with Crippen LogP contribution in [0.3, 0.4) is 0 Å². The molecule has 0 saturated heterocycles. The van der Waals surface area contributed by atoms with Gasteiger partial charge in [0.25, 0.3) is 5.12 Å². The summed E-state index contributed by atoms with van der Waals surface area (Å²) in [7, 11) is 0. The third-order valence-corrected chi connectivity index (χ3v) is 1.95. The molecule has 4 nitrogen and oxygen atoms in total. The number of carbonyl (C=O) groups excluding carboxylic acids is 3. The van der Waals surface area contributed by atoms with Crippen LogP contribution in [0.15, 0.2) is 0 Å². The topological polar surface area (TPSA) is 63.2 Å². The summed E-state index contributed by atoms with van der Waals surface area (Å²) in [4.78, 5) is 31.5. The van der Waals surface area contributed by atoms with Crippen LogP contribution in [0.2, 0.25) is 0 Å². The van der Waals surface area contributed by atoms with E-state index in [1.54, 1.807) is 0 Å². The van der Waals surface area contributed by atoms with E-state index in [0.717, 1.165) is 11.8 Å². The lowest BCUT2D eigenvalue weighted by Crippen LogP contribution is -2.23. The van der Waals surface area contributed by atoms with E-state index in [1.165, 1.54) is 13.8 Å². The molecule has 12 heavy (non-hydrogen) atoms. The van der Waals surface area contributed by atoms with E-state index in [0.29, 0.717) is 12.3 Å². The van der Waals surface area contributed by atoms with Gasteiger partial charge in [0.2, 0.25) is 11.7 Å². The highest BCUT2D eigenvalue weighted by Gasteiger charge is 2.06. The van der Waals surface area contributed by atoms with E-state index >= 15 is 0 Å². The predicted octanol–water partition coefficient (Wildman–Crippen LogP) is -0.0287. The molecule has 0 aromatic carbocycles. The van der Waals surface area contributed by atoms with Crippen molar-refractivity contribution >= 4 is 28.6 Å². The fourth-order valence-electron chi connectivity index (χ4n) is 0.472. The fourth-order valence-corrected chi connectivity index (χ4v) is 1.07. The Morgan fingerprint density at radius 2 is 1.83 bits per heavy atom. The van der Waals surface area contributed by atoms with Gasteiger partial charge in [0.1, 0.15) is 0 Å². The lowest BCUT2D eigenvalue weighted by molar-refractivity contribution is -0.130. The van der Waals surface area contributed by atoms with Gasteiger partial charge in [-0.1, -0.05) is 11.8 Å². The maximum atomic E-state index is 10.7. The normalized spacial score (nSPS) is 9.17. The van der Waals surface area contributed by atoms with E-state index in [2.05, 4.69) is 5.32 Å². The van der Waals surface area contributed by atoms with Crippen LogP contribution in [0.5, 0.6) is 0 Å². The van der Waals surface area contributed by atoms with Crippen LogP contribution in [0.4, 0.5) is 0 Å². The first-order chi connectivity index (χ1) is 5.54. The Balaban J connectivity index is 3.38. The third-order valence-electron chi connectivity index (χ3n) is 0.997. The average Bonchev–Trinajstić information content (AvgIpc) is 1.97. The lowest BCUT2D eigenvalue weighted by atomic mass is 10.5. The van der Waals surface area contributed by atoms with Crippen molar-refractivity contribution in [1.82, 2.24) is 5.32 Å². The second-order valence-corrected chi connectivity index (χ2v) is 3.24.